The number of nitrogens with one attached hydrogen (secondary N) is 2. The Labute approximate surface area is 159 Å². The molecule has 2 saturated heterocycles. The van der Waals surface area contributed by atoms with Gasteiger partial charge in [-0.25, -0.2) is 4.79 Å². The normalized spacial score (nSPS) is 20.8. The number of carbonyl (C=O) groups is 1. The first-order chi connectivity index (χ1) is 12.2. The van der Waals surface area contributed by atoms with Crippen LogP contribution < -0.4 is 15.5 Å². The molecular formula is C19H29BrN4O. The Balaban J connectivity index is 1.29. The minimum Gasteiger partial charge on any atom is -0.371 e. The second-order valence-corrected chi connectivity index (χ2v) is 8.04. The van der Waals surface area contributed by atoms with Crippen molar-refractivity contribution in [3.8, 4) is 0 Å². The minimum absolute atomic E-state index is 0.0256. The van der Waals surface area contributed by atoms with Crippen molar-refractivity contribution in [1.29, 1.82) is 0 Å². The van der Waals surface area contributed by atoms with Crippen LogP contribution >= 0.6 is 15.9 Å². The molecule has 0 unspecified atom stereocenters. The van der Waals surface area contributed by atoms with Gasteiger partial charge in [0.1, 0.15) is 0 Å². The van der Waals surface area contributed by atoms with Crippen molar-refractivity contribution in [2.45, 2.75) is 25.7 Å². The lowest BCUT2D eigenvalue weighted by molar-refractivity contribution is 0.238. The molecule has 2 aliphatic rings. The molecule has 0 aliphatic carbocycles. The van der Waals surface area contributed by atoms with Crippen LogP contribution in [0, 0.1) is 5.92 Å². The summed E-state index contributed by atoms with van der Waals surface area (Å²) in [6.07, 6.45) is 4.81. The Morgan fingerprint density at radius 2 is 2.04 bits per heavy atom. The molecule has 0 radical (unpaired) electrons. The average molecular weight is 409 g/mol. The SMILES string of the molecule is O=C(NCCCN1CCCC1)NC[C@@H]1CCN(c2cccc(Br)c2)C1. The molecule has 6 heteroatoms. The van der Waals surface area contributed by atoms with Crippen LogP contribution in [-0.2, 0) is 0 Å². The van der Waals surface area contributed by atoms with E-state index in [0.29, 0.717) is 5.92 Å². The van der Waals surface area contributed by atoms with Crippen LogP contribution in [0.2, 0.25) is 0 Å². The number of carbonyl (C=O) groups excluding carboxylic acids is 1. The molecular weight excluding hydrogens is 380 g/mol. The zero-order chi connectivity index (χ0) is 17.5. The van der Waals surface area contributed by atoms with E-state index >= 15 is 0 Å². The van der Waals surface area contributed by atoms with Gasteiger partial charge >= 0.3 is 6.03 Å². The fourth-order valence-electron chi connectivity index (χ4n) is 3.72. The second-order valence-electron chi connectivity index (χ2n) is 7.12. The monoisotopic (exact) mass is 408 g/mol. The number of hydrogen-bond acceptors (Lipinski definition) is 3. The molecule has 1 aromatic rings. The molecule has 1 aromatic carbocycles. The fourth-order valence-corrected chi connectivity index (χ4v) is 4.10. The van der Waals surface area contributed by atoms with Crippen LogP contribution in [0.25, 0.3) is 0 Å². The largest absolute Gasteiger partial charge is 0.371 e. The van der Waals surface area contributed by atoms with Crippen LogP contribution in [0.1, 0.15) is 25.7 Å². The first kappa shape index (κ1) is 18.5. The van der Waals surface area contributed by atoms with E-state index in [1.54, 1.807) is 0 Å². The maximum Gasteiger partial charge on any atom is 0.314 e. The van der Waals surface area contributed by atoms with Gasteiger partial charge in [-0.2, -0.15) is 0 Å². The third kappa shape index (κ3) is 5.89. The van der Waals surface area contributed by atoms with E-state index in [0.717, 1.165) is 50.0 Å². The highest BCUT2D eigenvalue weighted by molar-refractivity contribution is 9.10. The summed E-state index contributed by atoms with van der Waals surface area (Å²) < 4.78 is 1.11. The van der Waals surface area contributed by atoms with Gasteiger partial charge in [-0.15, -0.1) is 0 Å². The molecule has 138 valence electrons. The summed E-state index contributed by atoms with van der Waals surface area (Å²) in [4.78, 5) is 16.8. The van der Waals surface area contributed by atoms with Gasteiger partial charge in [-0.05, 0) is 69.4 Å². The molecule has 2 amide bonds. The minimum atomic E-state index is -0.0256. The molecule has 0 saturated carbocycles. The molecule has 25 heavy (non-hydrogen) atoms. The third-order valence-corrected chi connectivity index (χ3v) is 5.64. The maximum atomic E-state index is 11.9. The molecule has 2 heterocycles. The highest BCUT2D eigenvalue weighted by atomic mass is 79.9. The van der Waals surface area contributed by atoms with Gasteiger partial charge in [0.25, 0.3) is 0 Å². The standard InChI is InChI=1S/C19H29BrN4O/c20-17-5-3-6-18(13-17)24-12-7-16(15-24)14-22-19(25)21-8-4-11-23-9-1-2-10-23/h3,5-6,13,16H,1-2,4,7-12,14-15H2,(H2,21,22,25)/t16-/m0/s1. The number of halogens is 1. The van der Waals surface area contributed by atoms with Gasteiger partial charge < -0.3 is 20.4 Å². The van der Waals surface area contributed by atoms with Gasteiger partial charge in [0.05, 0.1) is 0 Å². The van der Waals surface area contributed by atoms with E-state index < -0.39 is 0 Å². The van der Waals surface area contributed by atoms with Crippen LogP contribution in [0.4, 0.5) is 10.5 Å². The van der Waals surface area contributed by atoms with Gasteiger partial charge in [-0.3, -0.25) is 0 Å². The topological polar surface area (TPSA) is 47.6 Å². The summed E-state index contributed by atoms with van der Waals surface area (Å²) in [5.74, 6) is 0.523. The van der Waals surface area contributed by atoms with Crippen molar-refractivity contribution in [1.82, 2.24) is 15.5 Å². The number of anilines is 1. The van der Waals surface area contributed by atoms with E-state index in [1.807, 2.05) is 6.07 Å². The number of benzene rings is 1. The number of amides is 2. The highest BCUT2D eigenvalue weighted by Gasteiger charge is 2.23. The van der Waals surface area contributed by atoms with Crippen LogP contribution in [0.3, 0.4) is 0 Å². The van der Waals surface area contributed by atoms with Crippen molar-refractivity contribution in [2.75, 3.05) is 50.7 Å². The van der Waals surface area contributed by atoms with Crippen molar-refractivity contribution in [3.63, 3.8) is 0 Å². The van der Waals surface area contributed by atoms with Crippen molar-refractivity contribution in [2.24, 2.45) is 5.92 Å². The Morgan fingerprint density at radius 3 is 2.84 bits per heavy atom. The molecule has 5 nitrogen and oxygen atoms in total. The summed E-state index contributed by atoms with van der Waals surface area (Å²) in [7, 11) is 0. The van der Waals surface area contributed by atoms with E-state index in [4.69, 9.17) is 0 Å². The van der Waals surface area contributed by atoms with Crippen LogP contribution in [0.5, 0.6) is 0 Å². The Kier molecular flexibility index (Phi) is 6.99. The first-order valence-corrected chi connectivity index (χ1v) is 10.2. The average Bonchev–Trinajstić information content (AvgIpc) is 3.28. The quantitative estimate of drug-likeness (QED) is 0.681. The first-order valence-electron chi connectivity index (χ1n) is 9.45. The number of rotatable bonds is 7. The Morgan fingerprint density at radius 1 is 1.20 bits per heavy atom. The molecule has 2 fully saturated rings. The van der Waals surface area contributed by atoms with E-state index in [2.05, 4.69) is 54.6 Å². The van der Waals surface area contributed by atoms with Crippen molar-refractivity contribution in [3.05, 3.63) is 28.7 Å². The molecule has 0 bridgehead atoms. The predicted molar refractivity (Wildman–Crippen MR) is 106 cm³/mol. The third-order valence-electron chi connectivity index (χ3n) is 5.15. The van der Waals surface area contributed by atoms with Crippen LogP contribution in [-0.4, -0.2) is 56.7 Å². The predicted octanol–water partition coefficient (Wildman–Crippen LogP) is 3.06. The number of nitrogens with zero attached hydrogens (tertiary/aromatic N) is 2. The summed E-state index contributed by atoms with van der Waals surface area (Å²) >= 11 is 3.53. The van der Waals surface area contributed by atoms with Gasteiger partial charge in [0, 0.05) is 36.3 Å². The molecule has 2 N–H and O–H groups in total. The zero-order valence-electron chi connectivity index (χ0n) is 14.8. The van der Waals surface area contributed by atoms with Gasteiger partial charge in [0.2, 0.25) is 0 Å². The number of likely N-dealkylation sites (tertiary alicyclic amines) is 1. The molecule has 2 aliphatic heterocycles. The lowest BCUT2D eigenvalue weighted by atomic mass is 10.1. The van der Waals surface area contributed by atoms with E-state index in [-0.39, 0.29) is 6.03 Å². The van der Waals surface area contributed by atoms with Crippen molar-refractivity contribution < 1.29 is 4.79 Å². The van der Waals surface area contributed by atoms with Crippen molar-refractivity contribution >= 4 is 27.6 Å². The molecule has 0 spiro atoms. The van der Waals surface area contributed by atoms with E-state index in [9.17, 15) is 4.79 Å². The summed E-state index contributed by atoms with van der Waals surface area (Å²) in [5.41, 5.74) is 1.25. The highest BCUT2D eigenvalue weighted by Crippen LogP contribution is 2.25. The smallest absolute Gasteiger partial charge is 0.314 e. The van der Waals surface area contributed by atoms with E-state index in [1.165, 1.54) is 31.6 Å². The summed E-state index contributed by atoms with van der Waals surface area (Å²) in [5, 5.41) is 6.02. The summed E-state index contributed by atoms with van der Waals surface area (Å²) in [6, 6.07) is 8.39. The fraction of sp³-hybridized carbons (Fsp3) is 0.632. The summed E-state index contributed by atoms with van der Waals surface area (Å²) in [6.45, 7) is 7.13. The number of hydrogen-bond donors (Lipinski definition) is 2. The lowest BCUT2D eigenvalue weighted by Crippen LogP contribution is -2.39. The Hall–Kier alpha value is -1.27. The zero-order valence-corrected chi connectivity index (χ0v) is 16.4. The van der Waals surface area contributed by atoms with Gasteiger partial charge in [0.15, 0.2) is 0 Å². The molecule has 1 atom stereocenters. The lowest BCUT2D eigenvalue weighted by Gasteiger charge is -2.19. The second kappa shape index (κ2) is 9.43. The Bertz CT molecular complexity index is 562. The molecule has 0 aromatic heterocycles. The maximum absolute atomic E-state index is 11.9. The molecule has 3 rings (SSSR count). The van der Waals surface area contributed by atoms with Gasteiger partial charge in [-0.1, -0.05) is 22.0 Å². The number of urea groups is 1. The van der Waals surface area contributed by atoms with Crippen LogP contribution in [0.15, 0.2) is 28.7 Å².